The molecule has 2 aliphatic rings. The topological polar surface area (TPSA) is 41.6 Å². The molecule has 1 aliphatic carbocycles. The first kappa shape index (κ1) is 20.4. The lowest BCUT2D eigenvalue weighted by Gasteiger charge is -2.28. The summed E-state index contributed by atoms with van der Waals surface area (Å²) in [5.41, 5.74) is 3.10. The van der Waals surface area contributed by atoms with Gasteiger partial charge in [-0.1, -0.05) is 60.8 Å². The Morgan fingerprint density at radius 1 is 0.966 bits per heavy atom. The highest BCUT2D eigenvalue weighted by atomic mass is 35.5. The van der Waals surface area contributed by atoms with Gasteiger partial charge in [0.05, 0.1) is 18.6 Å². The van der Waals surface area contributed by atoms with Gasteiger partial charge in [-0.15, -0.1) is 0 Å². The Morgan fingerprint density at radius 2 is 1.59 bits per heavy atom. The molecular formula is C24H29ClN2O2. The number of ether oxygens (including phenoxy) is 1. The lowest BCUT2D eigenvalue weighted by atomic mass is 9.78. The molecule has 0 spiro atoms. The van der Waals surface area contributed by atoms with Crippen LogP contribution in [0.2, 0.25) is 5.02 Å². The SMILES string of the molecule is O=C(NCc1ccc(CN2CCOCC2)cc1)C1(c2ccc(Cl)cc2)CCCC1. The molecule has 0 radical (unpaired) electrons. The van der Waals surface area contributed by atoms with Crippen molar-refractivity contribution < 1.29 is 9.53 Å². The Bertz CT molecular complexity index is 808. The van der Waals surface area contributed by atoms with E-state index in [0.29, 0.717) is 11.6 Å². The minimum atomic E-state index is -0.416. The number of morpholine rings is 1. The average molecular weight is 413 g/mol. The second-order valence-corrected chi connectivity index (χ2v) is 8.62. The van der Waals surface area contributed by atoms with Gasteiger partial charge in [-0.25, -0.2) is 0 Å². The molecule has 1 N–H and O–H groups in total. The fraction of sp³-hybridized carbons (Fsp3) is 0.458. The predicted molar refractivity (Wildman–Crippen MR) is 116 cm³/mol. The van der Waals surface area contributed by atoms with Gasteiger partial charge in [-0.2, -0.15) is 0 Å². The minimum absolute atomic E-state index is 0.134. The number of carbonyl (C=O) groups is 1. The van der Waals surface area contributed by atoms with E-state index >= 15 is 0 Å². The van der Waals surface area contributed by atoms with Crippen molar-refractivity contribution in [2.75, 3.05) is 26.3 Å². The van der Waals surface area contributed by atoms with E-state index in [1.54, 1.807) is 0 Å². The Morgan fingerprint density at radius 3 is 2.24 bits per heavy atom. The summed E-state index contributed by atoms with van der Waals surface area (Å²) in [6, 6.07) is 16.4. The van der Waals surface area contributed by atoms with E-state index in [9.17, 15) is 4.79 Å². The van der Waals surface area contributed by atoms with Gasteiger partial charge in [0, 0.05) is 31.2 Å². The minimum Gasteiger partial charge on any atom is -0.379 e. The van der Waals surface area contributed by atoms with Gasteiger partial charge in [0.1, 0.15) is 0 Å². The molecule has 1 amide bonds. The van der Waals surface area contributed by atoms with Gasteiger partial charge >= 0.3 is 0 Å². The van der Waals surface area contributed by atoms with Crippen molar-refractivity contribution in [3.05, 3.63) is 70.2 Å². The van der Waals surface area contributed by atoms with Crippen molar-refractivity contribution in [1.29, 1.82) is 0 Å². The van der Waals surface area contributed by atoms with Crippen molar-refractivity contribution in [3.63, 3.8) is 0 Å². The zero-order chi connectivity index (χ0) is 20.1. The standard InChI is InChI=1S/C24H29ClN2O2/c25-22-9-7-21(8-10-22)24(11-1-2-12-24)23(28)26-17-19-3-5-20(6-4-19)18-27-13-15-29-16-14-27/h3-10H,1-2,11-18H2,(H,26,28). The van der Waals surface area contributed by atoms with E-state index in [2.05, 4.69) is 34.5 Å². The molecule has 154 valence electrons. The van der Waals surface area contributed by atoms with Crippen LogP contribution in [0.5, 0.6) is 0 Å². The third-order valence-electron chi connectivity index (χ3n) is 6.27. The molecule has 5 heteroatoms. The Balaban J connectivity index is 1.37. The molecule has 1 saturated heterocycles. The van der Waals surface area contributed by atoms with E-state index in [1.807, 2.05) is 24.3 Å². The Labute approximate surface area is 178 Å². The zero-order valence-electron chi connectivity index (χ0n) is 16.8. The first-order valence-electron chi connectivity index (χ1n) is 10.6. The van der Waals surface area contributed by atoms with Crippen molar-refractivity contribution in [2.24, 2.45) is 0 Å². The van der Waals surface area contributed by atoms with E-state index in [4.69, 9.17) is 16.3 Å². The summed E-state index contributed by atoms with van der Waals surface area (Å²) < 4.78 is 5.41. The van der Waals surface area contributed by atoms with Crippen LogP contribution >= 0.6 is 11.6 Å². The van der Waals surface area contributed by atoms with E-state index in [0.717, 1.165) is 69.7 Å². The molecule has 0 atom stereocenters. The van der Waals surface area contributed by atoms with Crippen LogP contribution in [-0.4, -0.2) is 37.1 Å². The summed E-state index contributed by atoms with van der Waals surface area (Å²) >= 11 is 6.05. The number of hydrogen-bond acceptors (Lipinski definition) is 3. The van der Waals surface area contributed by atoms with Gasteiger partial charge < -0.3 is 10.1 Å². The molecule has 1 saturated carbocycles. The Hall–Kier alpha value is -1.88. The van der Waals surface area contributed by atoms with Crippen molar-refractivity contribution in [3.8, 4) is 0 Å². The molecule has 29 heavy (non-hydrogen) atoms. The maximum Gasteiger partial charge on any atom is 0.230 e. The van der Waals surface area contributed by atoms with Gasteiger partial charge in [-0.05, 0) is 41.7 Å². The van der Waals surface area contributed by atoms with Gasteiger partial charge in [-0.3, -0.25) is 9.69 Å². The predicted octanol–water partition coefficient (Wildman–Crippen LogP) is 4.30. The smallest absolute Gasteiger partial charge is 0.230 e. The molecule has 4 rings (SSSR count). The third-order valence-corrected chi connectivity index (χ3v) is 6.53. The number of rotatable bonds is 6. The number of hydrogen-bond donors (Lipinski definition) is 1. The molecule has 2 aromatic rings. The van der Waals surface area contributed by atoms with Crippen molar-refractivity contribution in [2.45, 2.75) is 44.2 Å². The van der Waals surface area contributed by atoms with Crippen LogP contribution in [0.4, 0.5) is 0 Å². The molecule has 0 bridgehead atoms. The number of carbonyl (C=O) groups excluding carboxylic acids is 1. The van der Waals surface area contributed by atoms with Crippen LogP contribution in [0.25, 0.3) is 0 Å². The number of halogens is 1. The van der Waals surface area contributed by atoms with Crippen LogP contribution in [-0.2, 0) is 28.0 Å². The van der Waals surface area contributed by atoms with Crippen molar-refractivity contribution >= 4 is 17.5 Å². The normalized spacial score (nSPS) is 19.2. The van der Waals surface area contributed by atoms with E-state index in [1.165, 1.54) is 5.56 Å². The molecule has 0 unspecified atom stereocenters. The van der Waals surface area contributed by atoms with Crippen LogP contribution in [0.1, 0.15) is 42.4 Å². The lowest BCUT2D eigenvalue weighted by molar-refractivity contribution is -0.126. The highest BCUT2D eigenvalue weighted by Gasteiger charge is 2.42. The highest BCUT2D eigenvalue weighted by Crippen LogP contribution is 2.41. The van der Waals surface area contributed by atoms with Gasteiger partial charge in [0.15, 0.2) is 0 Å². The van der Waals surface area contributed by atoms with Crippen LogP contribution < -0.4 is 5.32 Å². The molecular weight excluding hydrogens is 384 g/mol. The largest absolute Gasteiger partial charge is 0.379 e. The van der Waals surface area contributed by atoms with Gasteiger partial charge in [0.25, 0.3) is 0 Å². The summed E-state index contributed by atoms with van der Waals surface area (Å²) in [4.78, 5) is 15.6. The number of amides is 1. The molecule has 2 fully saturated rings. The zero-order valence-corrected chi connectivity index (χ0v) is 17.6. The second-order valence-electron chi connectivity index (χ2n) is 8.18. The molecule has 0 aromatic heterocycles. The van der Waals surface area contributed by atoms with Crippen LogP contribution in [0, 0.1) is 0 Å². The quantitative estimate of drug-likeness (QED) is 0.769. The van der Waals surface area contributed by atoms with Gasteiger partial charge in [0.2, 0.25) is 5.91 Å². The number of benzene rings is 2. The van der Waals surface area contributed by atoms with Crippen LogP contribution in [0.15, 0.2) is 48.5 Å². The van der Waals surface area contributed by atoms with Crippen molar-refractivity contribution in [1.82, 2.24) is 10.2 Å². The average Bonchev–Trinajstić information content (AvgIpc) is 3.25. The van der Waals surface area contributed by atoms with Crippen LogP contribution in [0.3, 0.4) is 0 Å². The monoisotopic (exact) mass is 412 g/mol. The molecule has 1 heterocycles. The Kier molecular flexibility index (Phi) is 6.53. The summed E-state index contributed by atoms with van der Waals surface area (Å²) in [7, 11) is 0. The first-order valence-corrected chi connectivity index (χ1v) is 11.0. The summed E-state index contributed by atoms with van der Waals surface area (Å²) in [5.74, 6) is 0.134. The summed E-state index contributed by atoms with van der Waals surface area (Å²) in [6.07, 6.45) is 3.98. The lowest BCUT2D eigenvalue weighted by Crippen LogP contribution is -2.42. The maximum atomic E-state index is 13.2. The first-order chi connectivity index (χ1) is 14.2. The maximum absolute atomic E-state index is 13.2. The fourth-order valence-electron chi connectivity index (χ4n) is 4.53. The fourth-order valence-corrected chi connectivity index (χ4v) is 4.65. The third kappa shape index (κ3) is 4.82. The van der Waals surface area contributed by atoms with E-state index < -0.39 is 5.41 Å². The molecule has 1 aliphatic heterocycles. The number of nitrogens with zero attached hydrogens (tertiary/aromatic N) is 1. The molecule has 4 nitrogen and oxygen atoms in total. The van der Waals surface area contributed by atoms with E-state index in [-0.39, 0.29) is 5.91 Å². The summed E-state index contributed by atoms with van der Waals surface area (Å²) in [6.45, 7) is 5.13. The summed E-state index contributed by atoms with van der Waals surface area (Å²) in [5, 5.41) is 3.90. The second kappa shape index (κ2) is 9.29. The number of nitrogens with one attached hydrogen (secondary N) is 1. The highest BCUT2D eigenvalue weighted by molar-refractivity contribution is 6.30. The molecule has 2 aromatic carbocycles.